The van der Waals surface area contributed by atoms with Crippen LogP contribution in [-0.2, 0) is 4.74 Å². The molecule has 0 atom stereocenters. The van der Waals surface area contributed by atoms with Crippen LogP contribution in [0.2, 0.25) is 0 Å². The van der Waals surface area contributed by atoms with Gasteiger partial charge in [0.25, 0.3) is 0 Å². The zero-order chi connectivity index (χ0) is 11.1. The van der Waals surface area contributed by atoms with Gasteiger partial charge in [0.2, 0.25) is 5.39 Å². The lowest BCUT2D eigenvalue weighted by Crippen LogP contribution is -1.94. The molecule has 0 amide bonds. The second-order valence-electron chi connectivity index (χ2n) is 2.72. The molecule has 4 nitrogen and oxygen atoms in total. The number of aliphatic hydroxyl groups excluding tert-OH is 1. The van der Waals surface area contributed by atoms with Crippen LogP contribution in [0.4, 0.5) is 0 Å². The molecule has 1 aromatic carbocycles. The zero-order valence-electron chi connectivity index (χ0n) is 8.13. The van der Waals surface area contributed by atoms with Gasteiger partial charge in [0.15, 0.2) is 4.98 Å². The Balaban J connectivity index is 2.98. The van der Waals surface area contributed by atoms with E-state index in [-0.39, 0.29) is 12.3 Å². The summed E-state index contributed by atoms with van der Waals surface area (Å²) in [5, 5.41) is 18.2. The van der Waals surface area contributed by atoms with Gasteiger partial charge in [0, 0.05) is 0 Å². The highest BCUT2D eigenvalue weighted by Gasteiger charge is 2.22. The number of nitrogens with zero attached hydrogens (tertiary/aromatic N) is 2. The molecule has 0 aliphatic heterocycles. The average molecular weight is 203 g/mol. The van der Waals surface area contributed by atoms with E-state index in [9.17, 15) is 5.11 Å². The van der Waals surface area contributed by atoms with E-state index in [1.54, 1.807) is 24.3 Å². The Hall–Kier alpha value is -2.28. The number of ether oxygens (including phenoxy) is 1. The molecule has 0 radical (unpaired) electrons. The summed E-state index contributed by atoms with van der Waals surface area (Å²) >= 11 is 0. The molecule has 4 heteroatoms. The van der Waals surface area contributed by atoms with Crippen LogP contribution in [0.15, 0.2) is 48.9 Å². The third kappa shape index (κ3) is 2.85. The number of rotatable bonds is 4. The fraction of sp³-hybridized carbons (Fsp3) is 0.0909. The van der Waals surface area contributed by atoms with Crippen LogP contribution in [0.25, 0.3) is 10.7 Å². The van der Waals surface area contributed by atoms with Crippen molar-refractivity contribution in [1.82, 2.24) is 0 Å². The van der Waals surface area contributed by atoms with Crippen molar-refractivity contribution < 1.29 is 9.84 Å². The summed E-state index contributed by atoms with van der Waals surface area (Å²) in [7, 11) is 0. The van der Waals surface area contributed by atoms with Crippen molar-refractivity contribution in [3.8, 4) is 0 Å². The second kappa shape index (κ2) is 5.45. The van der Waals surface area contributed by atoms with Crippen molar-refractivity contribution in [2.75, 3.05) is 6.61 Å². The number of hydrogen-bond donors (Lipinski definition) is 1. The summed E-state index contributed by atoms with van der Waals surface area (Å²) in [6, 6.07) is 8.74. The topological polar surface area (TPSA) is 57.6 Å². The van der Waals surface area contributed by atoms with Crippen molar-refractivity contribution >= 4 is 5.70 Å². The average Bonchev–Trinajstić information content (AvgIpc) is 2.29. The van der Waals surface area contributed by atoms with Crippen molar-refractivity contribution in [2.24, 2.45) is 0 Å². The fourth-order valence-corrected chi connectivity index (χ4v) is 1.03. The molecular weight excluding hydrogens is 192 g/mol. The molecular formula is C11H11N2O2+. The third-order valence-corrected chi connectivity index (χ3v) is 1.69. The maximum atomic E-state index is 9.45. The van der Waals surface area contributed by atoms with Gasteiger partial charge in [-0.1, -0.05) is 30.9 Å². The van der Waals surface area contributed by atoms with Crippen molar-refractivity contribution in [1.29, 1.82) is 5.39 Å². The van der Waals surface area contributed by atoms with Gasteiger partial charge in [-0.15, -0.1) is 0 Å². The van der Waals surface area contributed by atoms with Crippen LogP contribution in [-0.4, -0.2) is 11.7 Å². The lowest BCUT2D eigenvalue weighted by Gasteiger charge is -1.97. The maximum Gasteiger partial charge on any atom is 0.471 e. The molecule has 15 heavy (non-hydrogen) atoms. The maximum absolute atomic E-state index is 9.45. The van der Waals surface area contributed by atoms with Crippen LogP contribution in [0, 0.1) is 5.39 Å². The third-order valence-electron chi connectivity index (χ3n) is 1.69. The lowest BCUT2D eigenvalue weighted by molar-refractivity contribution is 0.115. The van der Waals surface area contributed by atoms with E-state index < -0.39 is 5.95 Å². The van der Waals surface area contributed by atoms with Crippen molar-refractivity contribution in [2.45, 2.75) is 0 Å². The summed E-state index contributed by atoms with van der Waals surface area (Å²) in [4.78, 5) is 2.98. The molecule has 0 spiro atoms. The van der Waals surface area contributed by atoms with Crippen LogP contribution in [0.1, 0.15) is 5.56 Å². The van der Waals surface area contributed by atoms with Crippen LogP contribution in [0.5, 0.6) is 0 Å². The minimum atomic E-state index is -0.427. The molecule has 0 unspecified atom stereocenters. The molecule has 76 valence electrons. The number of diazo groups is 1. The van der Waals surface area contributed by atoms with Gasteiger partial charge >= 0.3 is 11.6 Å². The molecule has 1 rings (SSSR count). The SMILES string of the molecule is C=CCO/C(O)=C(\[N+]#N)c1ccccc1. The molecule has 0 saturated heterocycles. The predicted molar refractivity (Wildman–Crippen MR) is 57.2 cm³/mol. The van der Waals surface area contributed by atoms with Crippen LogP contribution in [0.3, 0.4) is 0 Å². The Morgan fingerprint density at radius 1 is 1.47 bits per heavy atom. The Bertz CT molecular complexity index is 404. The van der Waals surface area contributed by atoms with Gasteiger partial charge < -0.3 is 9.84 Å². The van der Waals surface area contributed by atoms with Crippen molar-refractivity contribution in [3.63, 3.8) is 0 Å². The molecule has 0 heterocycles. The lowest BCUT2D eigenvalue weighted by atomic mass is 10.2. The molecule has 0 aliphatic carbocycles. The van der Waals surface area contributed by atoms with E-state index in [0.29, 0.717) is 5.56 Å². The Kier molecular flexibility index (Phi) is 3.92. The highest BCUT2D eigenvalue weighted by atomic mass is 16.6. The van der Waals surface area contributed by atoms with E-state index in [1.807, 2.05) is 6.07 Å². The first-order valence-corrected chi connectivity index (χ1v) is 4.37. The summed E-state index contributed by atoms with van der Waals surface area (Å²) in [6.45, 7) is 3.59. The normalized spacial score (nSPS) is 11.1. The van der Waals surface area contributed by atoms with Crippen LogP contribution < -0.4 is 0 Å². The number of hydrogen-bond acceptors (Lipinski definition) is 3. The first kappa shape index (κ1) is 10.8. The Labute approximate surface area is 87.7 Å². The van der Waals surface area contributed by atoms with E-state index in [1.165, 1.54) is 6.08 Å². The highest BCUT2D eigenvalue weighted by molar-refractivity contribution is 5.70. The van der Waals surface area contributed by atoms with Crippen LogP contribution >= 0.6 is 0 Å². The molecule has 0 aliphatic rings. The molecule has 0 fully saturated rings. The molecule has 0 aromatic heterocycles. The predicted octanol–water partition coefficient (Wildman–Crippen LogP) is 2.93. The van der Waals surface area contributed by atoms with Gasteiger partial charge in [-0.2, -0.15) is 0 Å². The van der Waals surface area contributed by atoms with E-state index in [4.69, 9.17) is 10.1 Å². The number of aliphatic hydroxyl groups is 1. The van der Waals surface area contributed by atoms with Gasteiger partial charge in [-0.25, -0.2) is 0 Å². The zero-order valence-corrected chi connectivity index (χ0v) is 8.13. The molecule has 1 N–H and O–H groups in total. The summed E-state index contributed by atoms with van der Waals surface area (Å²) < 4.78 is 4.86. The van der Waals surface area contributed by atoms with E-state index in [0.717, 1.165) is 0 Å². The van der Waals surface area contributed by atoms with Gasteiger partial charge in [0.05, 0.1) is 5.56 Å². The summed E-state index contributed by atoms with van der Waals surface area (Å²) in [5.74, 6) is -0.427. The first-order valence-electron chi connectivity index (χ1n) is 4.37. The van der Waals surface area contributed by atoms with E-state index >= 15 is 0 Å². The smallest absolute Gasteiger partial charge is 0.471 e. The molecule has 0 saturated carbocycles. The van der Waals surface area contributed by atoms with E-state index in [2.05, 4.69) is 11.6 Å². The monoisotopic (exact) mass is 203 g/mol. The largest absolute Gasteiger partial charge is 0.475 e. The number of benzene rings is 1. The second-order valence-corrected chi connectivity index (χ2v) is 2.72. The minimum Gasteiger partial charge on any atom is -0.475 e. The first-order chi connectivity index (χ1) is 7.29. The van der Waals surface area contributed by atoms with Gasteiger partial charge in [-0.05, 0) is 12.1 Å². The van der Waals surface area contributed by atoms with Gasteiger partial charge in [-0.3, -0.25) is 0 Å². The summed E-state index contributed by atoms with van der Waals surface area (Å²) in [6.07, 6.45) is 1.48. The standard InChI is InChI=1S/C11H10N2O2/c1-2-8-15-11(14)10(13-12)9-6-4-3-5-7-9/h2-7H,1,8H2/p+1/b11-10-. The summed E-state index contributed by atoms with van der Waals surface area (Å²) in [5.41, 5.74) is 0.569. The molecule has 1 aromatic rings. The van der Waals surface area contributed by atoms with Crippen molar-refractivity contribution in [3.05, 3.63) is 59.5 Å². The fourth-order valence-electron chi connectivity index (χ4n) is 1.03. The minimum absolute atomic E-state index is 0.00236. The Morgan fingerprint density at radius 2 is 2.13 bits per heavy atom. The highest BCUT2D eigenvalue weighted by Crippen LogP contribution is 2.19. The molecule has 0 bridgehead atoms. The van der Waals surface area contributed by atoms with Gasteiger partial charge in [0.1, 0.15) is 6.61 Å². The quantitative estimate of drug-likeness (QED) is 0.465. The Morgan fingerprint density at radius 3 is 2.67 bits per heavy atom.